The summed E-state index contributed by atoms with van der Waals surface area (Å²) in [5, 5.41) is 0. The number of carbonyl (C=O) groups excluding carboxylic acids is 1. The fraction of sp³-hybridized carbons (Fsp3) is 0.308. The summed E-state index contributed by atoms with van der Waals surface area (Å²) in [5.74, 6) is 4.03. The highest BCUT2D eigenvalue weighted by Crippen LogP contribution is 2.33. The van der Waals surface area contributed by atoms with Gasteiger partial charge in [0.05, 0.1) is 17.7 Å². The van der Waals surface area contributed by atoms with Crippen molar-refractivity contribution in [2.75, 3.05) is 12.3 Å². The Balaban J connectivity index is 3.01. The first-order valence-corrected chi connectivity index (χ1v) is 5.46. The van der Waals surface area contributed by atoms with Crippen molar-refractivity contribution in [2.45, 2.75) is 19.5 Å². The second-order valence-electron chi connectivity index (χ2n) is 3.55. The van der Waals surface area contributed by atoms with Crippen molar-refractivity contribution in [3.05, 3.63) is 29.3 Å². The number of benzene rings is 1. The summed E-state index contributed by atoms with van der Waals surface area (Å²) < 4.78 is 42.8. The number of nitrogens with two attached hydrogens (primary N) is 1. The van der Waals surface area contributed by atoms with Crippen LogP contribution in [0.15, 0.2) is 18.2 Å². The lowest BCUT2D eigenvalue weighted by atomic mass is 10.1. The monoisotopic (exact) mass is 271 g/mol. The van der Waals surface area contributed by atoms with Gasteiger partial charge in [-0.1, -0.05) is 17.9 Å². The molecule has 0 atom stereocenters. The van der Waals surface area contributed by atoms with Crippen LogP contribution in [0.25, 0.3) is 0 Å². The van der Waals surface area contributed by atoms with Crippen LogP contribution in [0.5, 0.6) is 0 Å². The highest BCUT2D eigenvalue weighted by Gasteiger charge is 2.33. The molecule has 2 N–H and O–H groups in total. The molecule has 0 unspecified atom stereocenters. The number of halogens is 3. The fourth-order valence-electron chi connectivity index (χ4n) is 1.36. The molecule has 1 aromatic rings. The minimum Gasteiger partial charge on any atom is -0.465 e. The molecule has 0 aliphatic carbocycles. The zero-order chi connectivity index (χ0) is 14.5. The molecule has 0 saturated heterocycles. The summed E-state index contributed by atoms with van der Waals surface area (Å²) >= 11 is 0. The Bertz CT molecular complexity index is 527. The summed E-state index contributed by atoms with van der Waals surface area (Å²) in [6, 6.07) is 3.42. The summed E-state index contributed by atoms with van der Waals surface area (Å²) in [6.07, 6.45) is -4.82. The zero-order valence-electron chi connectivity index (χ0n) is 10.2. The number of ether oxygens (including phenoxy) is 1. The van der Waals surface area contributed by atoms with E-state index in [0.717, 1.165) is 6.07 Å². The van der Waals surface area contributed by atoms with Crippen LogP contribution in [0.3, 0.4) is 0 Å². The molecule has 0 aliphatic heterocycles. The molecule has 0 radical (unpaired) electrons. The summed E-state index contributed by atoms with van der Waals surface area (Å²) in [4.78, 5) is 11.0. The Kier molecular flexibility index (Phi) is 4.81. The van der Waals surface area contributed by atoms with Crippen molar-refractivity contribution in [1.29, 1.82) is 0 Å². The van der Waals surface area contributed by atoms with Crippen LogP contribution >= 0.6 is 0 Å². The lowest BCUT2D eigenvalue weighted by Gasteiger charge is -2.10. The third-order valence-corrected chi connectivity index (χ3v) is 2.15. The largest absolute Gasteiger partial charge is 0.465 e. The van der Waals surface area contributed by atoms with E-state index in [1.165, 1.54) is 12.1 Å². The van der Waals surface area contributed by atoms with Gasteiger partial charge in [0.15, 0.2) is 0 Å². The first kappa shape index (κ1) is 14.9. The lowest BCUT2D eigenvalue weighted by molar-refractivity contribution is -0.141. The van der Waals surface area contributed by atoms with E-state index in [1.807, 2.05) is 0 Å². The highest BCUT2D eigenvalue weighted by molar-refractivity contribution is 5.73. The van der Waals surface area contributed by atoms with E-state index < -0.39 is 17.7 Å². The topological polar surface area (TPSA) is 52.3 Å². The van der Waals surface area contributed by atoms with Crippen LogP contribution < -0.4 is 5.73 Å². The predicted octanol–water partition coefficient (Wildman–Crippen LogP) is 2.59. The van der Waals surface area contributed by atoms with Gasteiger partial charge in [-0.15, -0.1) is 0 Å². The van der Waals surface area contributed by atoms with Crippen molar-refractivity contribution in [3.8, 4) is 11.8 Å². The minimum atomic E-state index is -4.54. The molecule has 19 heavy (non-hydrogen) atoms. The second-order valence-corrected chi connectivity index (χ2v) is 3.55. The third kappa shape index (κ3) is 4.21. The van der Waals surface area contributed by atoms with E-state index in [9.17, 15) is 18.0 Å². The van der Waals surface area contributed by atoms with Crippen molar-refractivity contribution in [3.63, 3.8) is 0 Å². The number of anilines is 1. The van der Waals surface area contributed by atoms with Crippen LogP contribution in [0.2, 0.25) is 0 Å². The smallest absolute Gasteiger partial charge is 0.417 e. The first-order valence-electron chi connectivity index (χ1n) is 5.46. The van der Waals surface area contributed by atoms with Gasteiger partial charge in [-0.05, 0) is 19.1 Å². The molecule has 0 saturated carbocycles. The second kappa shape index (κ2) is 6.14. The Labute approximate surface area is 108 Å². The number of esters is 1. The van der Waals surface area contributed by atoms with E-state index >= 15 is 0 Å². The Morgan fingerprint density at radius 3 is 2.68 bits per heavy atom. The maximum atomic E-state index is 12.7. The Morgan fingerprint density at radius 2 is 2.11 bits per heavy atom. The molecule has 0 fully saturated rings. The average Bonchev–Trinajstić information content (AvgIpc) is 2.30. The van der Waals surface area contributed by atoms with Crippen LogP contribution in [0.4, 0.5) is 18.9 Å². The maximum absolute atomic E-state index is 12.7. The van der Waals surface area contributed by atoms with E-state index in [-0.39, 0.29) is 24.3 Å². The number of carbonyl (C=O) groups is 1. The number of alkyl halides is 3. The Hall–Kier alpha value is -2.16. The van der Waals surface area contributed by atoms with Crippen LogP contribution in [-0.4, -0.2) is 12.6 Å². The first-order chi connectivity index (χ1) is 8.86. The van der Waals surface area contributed by atoms with E-state index in [1.54, 1.807) is 6.92 Å². The van der Waals surface area contributed by atoms with E-state index in [2.05, 4.69) is 16.6 Å². The summed E-state index contributed by atoms with van der Waals surface area (Å²) in [5.41, 5.74) is 4.16. The molecule has 0 heterocycles. The lowest BCUT2D eigenvalue weighted by Crippen LogP contribution is -2.09. The summed E-state index contributed by atoms with van der Waals surface area (Å²) in [7, 11) is 0. The molecule has 0 aliphatic rings. The van der Waals surface area contributed by atoms with Crippen molar-refractivity contribution in [2.24, 2.45) is 0 Å². The van der Waals surface area contributed by atoms with Gasteiger partial charge in [-0.25, -0.2) is 0 Å². The molecular formula is C13H12F3NO2. The van der Waals surface area contributed by atoms with Gasteiger partial charge in [0, 0.05) is 5.69 Å². The highest BCUT2D eigenvalue weighted by atomic mass is 19.4. The molecule has 1 rings (SSSR count). The van der Waals surface area contributed by atoms with Gasteiger partial charge in [0.25, 0.3) is 0 Å². The SMILES string of the molecule is CCOC(=O)CC#Cc1c(N)cccc1C(F)(F)F. The van der Waals surface area contributed by atoms with Gasteiger partial charge in [-0.2, -0.15) is 13.2 Å². The molecule has 102 valence electrons. The molecule has 1 aromatic carbocycles. The van der Waals surface area contributed by atoms with E-state index in [4.69, 9.17) is 5.73 Å². The normalized spacial score (nSPS) is 10.5. The van der Waals surface area contributed by atoms with Crippen LogP contribution in [0.1, 0.15) is 24.5 Å². The molecule has 0 amide bonds. The zero-order valence-corrected chi connectivity index (χ0v) is 10.2. The van der Waals surface area contributed by atoms with Gasteiger partial charge in [-0.3, -0.25) is 4.79 Å². The molecule has 0 spiro atoms. The number of rotatable bonds is 2. The van der Waals surface area contributed by atoms with Crippen LogP contribution in [0, 0.1) is 11.8 Å². The molecular weight excluding hydrogens is 259 g/mol. The number of nitrogen functional groups attached to an aromatic ring is 1. The molecule has 0 bridgehead atoms. The van der Waals surface area contributed by atoms with Crippen molar-refractivity contribution >= 4 is 11.7 Å². The number of hydrogen-bond donors (Lipinski definition) is 1. The molecule has 0 aromatic heterocycles. The number of hydrogen-bond acceptors (Lipinski definition) is 3. The predicted molar refractivity (Wildman–Crippen MR) is 64.0 cm³/mol. The van der Waals surface area contributed by atoms with E-state index in [0.29, 0.717) is 0 Å². The minimum absolute atomic E-state index is 0.0776. The molecule has 3 nitrogen and oxygen atoms in total. The average molecular weight is 271 g/mol. The van der Waals surface area contributed by atoms with Crippen molar-refractivity contribution < 1.29 is 22.7 Å². The summed E-state index contributed by atoms with van der Waals surface area (Å²) in [6.45, 7) is 1.82. The maximum Gasteiger partial charge on any atom is 0.417 e. The quantitative estimate of drug-likeness (QED) is 0.511. The van der Waals surface area contributed by atoms with Gasteiger partial charge >= 0.3 is 12.1 Å². The standard InChI is InChI=1S/C13H12F3NO2/c1-2-19-12(18)8-3-5-9-10(13(14,15)16)6-4-7-11(9)17/h4,6-7H,2,8,17H2,1H3. The Morgan fingerprint density at radius 1 is 1.42 bits per heavy atom. The van der Waals surface area contributed by atoms with Crippen molar-refractivity contribution in [1.82, 2.24) is 0 Å². The van der Waals surface area contributed by atoms with Gasteiger partial charge in [0.2, 0.25) is 0 Å². The van der Waals surface area contributed by atoms with Gasteiger partial charge in [0.1, 0.15) is 6.42 Å². The third-order valence-electron chi connectivity index (χ3n) is 2.15. The fourth-order valence-corrected chi connectivity index (χ4v) is 1.36. The molecule has 6 heteroatoms. The van der Waals surface area contributed by atoms with Crippen LogP contribution in [-0.2, 0) is 15.7 Å². The van der Waals surface area contributed by atoms with Gasteiger partial charge < -0.3 is 10.5 Å².